The lowest BCUT2D eigenvalue weighted by atomic mass is 10.1. The third kappa shape index (κ3) is 9.01. The number of rotatable bonds is 15. The molecule has 15 nitrogen and oxygen atoms in total. The van der Waals surface area contributed by atoms with Crippen molar-refractivity contribution in [2.45, 2.75) is 24.5 Å². The van der Waals surface area contributed by atoms with E-state index < -0.39 is 85.9 Å². The number of hydrogen-bond donors (Lipinski definition) is 2. The molecule has 1 fully saturated rings. The maximum atomic E-state index is 13.6. The highest BCUT2D eigenvalue weighted by atomic mass is 16.6. The van der Waals surface area contributed by atoms with Crippen molar-refractivity contribution < 1.29 is 43.2 Å². The van der Waals surface area contributed by atoms with Gasteiger partial charge < -0.3 is 34.3 Å². The highest BCUT2D eigenvalue weighted by Gasteiger charge is 2.48. The summed E-state index contributed by atoms with van der Waals surface area (Å²) >= 11 is 0. The molecule has 0 saturated carbocycles. The molecule has 1 aliphatic heterocycles. The predicted molar refractivity (Wildman–Crippen MR) is 159 cm³/mol. The number of aromatic nitrogens is 2. The molecule has 1 unspecified atom stereocenters. The van der Waals surface area contributed by atoms with E-state index in [1.807, 2.05) is 0 Å². The van der Waals surface area contributed by atoms with E-state index in [0.29, 0.717) is 4.57 Å². The van der Waals surface area contributed by atoms with Crippen molar-refractivity contribution in [3.63, 3.8) is 0 Å². The number of amides is 2. The normalized spacial score (nSPS) is 18.5. The minimum atomic E-state index is -1.48. The molecule has 2 heterocycles. The van der Waals surface area contributed by atoms with Gasteiger partial charge in [0, 0.05) is 17.8 Å². The second kappa shape index (κ2) is 17.1. The summed E-state index contributed by atoms with van der Waals surface area (Å²) in [7, 11) is 0. The van der Waals surface area contributed by atoms with Gasteiger partial charge in [-0.2, -0.15) is 4.57 Å². The molecular weight excluding hydrogens is 604 g/mol. The van der Waals surface area contributed by atoms with Crippen LogP contribution in [0, 0.1) is 37.0 Å². The van der Waals surface area contributed by atoms with Crippen LogP contribution < -0.4 is 16.6 Å². The first kappa shape index (κ1) is 35.0. The van der Waals surface area contributed by atoms with Gasteiger partial charge in [0.25, 0.3) is 11.5 Å². The van der Waals surface area contributed by atoms with Gasteiger partial charge in [-0.25, -0.2) is 9.59 Å². The van der Waals surface area contributed by atoms with Gasteiger partial charge in [-0.05, 0) is 12.1 Å². The molecule has 2 amide bonds. The molecule has 15 heteroatoms. The summed E-state index contributed by atoms with van der Waals surface area (Å²) in [5.74, 6) is 3.37. The first-order valence-corrected chi connectivity index (χ1v) is 13.6. The summed E-state index contributed by atoms with van der Waals surface area (Å²) in [6, 6.07) is 8.52. The largest absolute Gasteiger partial charge is 0.480 e. The smallest absolute Gasteiger partial charge is 0.340 e. The lowest BCUT2D eigenvalue weighted by Gasteiger charge is -2.25. The summed E-state index contributed by atoms with van der Waals surface area (Å²) in [5, 5.41) is 11.7. The van der Waals surface area contributed by atoms with Crippen LogP contribution in [0.3, 0.4) is 0 Å². The van der Waals surface area contributed by atoms with E-state index in [-0.39, 0.29) is 25.2 Å². The van der Waals surface area contributed by atoms with Crippen LogP contribution in [0.25, 0.3) is 0 Å². The molecule has 1 aromatic carbocycles. The fraction of sp³-hybridized carbons (Fsp3) is 0.355. The minimum Gasteiger partial charge on any atom is -0.480 e. The van der Waals surface area contributed by atoms with Crippen molar-refractivity contribution in [3.05, 3.63) is 69.0 Å². The van der Waals surface area contributed by atoms with Crippen LogP contribution >= 0.6 is 0 Å². The maximum absolute atomic E-state index is 13.6. The van der Waals surface area contributed by atoms with Gasteiger partial charge in [-0.15, -0.1) is 19.3 Å². The lowest BCUT2D eigenvalue weighted by Crippen LogP contribution is -2.47. The molecule has 2 aromatic rings. The molecule has 1 saturated heterocycles. The highest BCUT2D eigenvalue weighted by Crippen LogP contribution is 2.33. The van der Waals surface area contributed by atoms with E-state index in [1.54, 1.807) is 18.2 Å². The molecule has 46 heavy (non-hydrogen) atoms. The van der Waals surface area contributed by atoms with Gasteiger partial charge in [0.05, 0.1) is 26.2 Å². The summed E-state index contributed by atoms with van der Waals surface area (Å²) in [6.45, 7) is -2.64. The number of terminal acetylenes is 3. The van der Waals surface area contributed by atoms with E-state index in [4.69, 9.17) is 38.2 Å². The standard InChI is InChI=1S/C31H30N4O11/c1-4-13-32-23(36)18-44-28-27(45-20-26(39)40)22(17-43-19-25(38)33(14-5-2)15-6-3)46-30(28)34-16-12-24(37)35(31(34)42)29(41)21-10-8-7-9-11-21/h1-3,7-12,16,22,27-28,30H,13-15,17-20H2,(H,32,36)(H,39,40)/t22-,27?,28+,30-/m1/s1. The summed E-state index contributed by atoms with van der Waals surface area (Å²) in [5.41, 5.74) is -2.00. The van der Waals surface area contributed by atoms with Gasteiger partial charge in [-0.3, -0.25) is 23.7 Å². The Morgan fingerprint density at radius 3 is 2.24 bits per heavy atom. The van der Waals surface area contributed by atoms with Crippen LogP contribution in [-0.2, 0) is 33.3 Å². The van der Waals surface area contributed by atoms with Crippen LogP contribution in [0.1, 0.15) is 16.6 Å². The first-order chi connectivity index (χ1) is 22.1. The molecular formula is C31H30N4O11. The fourth-order valence-corrected chi connectivity index (χ4v) is 4.37. The Balaban J connectivity index is 1.98. The van der Waals surface area contributed by atoms with Crippen molar-refractivity contribution in [2.24, 2.45) is 0 Å². The Morgan fingerprint density at radius 2 is 1.61 bits per heavy atom. The Bertz CT molecular complexity index is 1650. The zero-order chi connectivity index (χ0) is 33.6. The molecule has 0 spiro atoms. The van der Waals surface area contributed by atoms with Crippen LogP contribution in [-0.4, -0.2) is 107 Å². The topological polar surface area (TPSA) is 185 Å². The number of carbonyl (C=O) groups is 4. The SMILES string of the molecule is C#CCNC(=O)CO[C@H]1C(OCC(=O)O)[C@@H](COCC(=O)N(CC#C)CC#C)O[C@H]1n1ccc(=O)n(C(=O)c2ccccc2)c1=O. The van der Waals surface area contributed by atoms with Gasteiger partial charge >= 0.3 is 11.7 Å². The molecule has 240 valence electrons. The van der Waals surface area contributed by atoms with Gasteiger partial charge in [0.1, 0.15) is 38.1 Å². The van der Waals surface area contributed by atoms with Crippen molar-refractivity contribution in [1.29, 1.82) is 0 Å². The Kier molecular flexibility index (Phi) is 13.0. The van der Waals surface area contributed by atoms with Crippen LogP contribution in [0.15, 0.2) is 52.2 Å². The summed E-state index contributed by atoms with van der Waals surface area (Å²) < 4.78 is 24.2. The number of hydrogen-bond acceptors (Lipinski definition) is 10. The van der Waals surface area contributed by atoms with Gasteiger partial charge in [0.2, 0.25) is 11.8 Å². The van der Waals surface area contributed by atoms with E-state index in [1.165, 1.54) is 17.0 Å². The van der Waals surface area contributed by atoms with E-state index in [2.05, 4.69) is 23.1 Å². The summed E-state index contributed by atoms with van der Waals surface area (Å²) in [6.07, 6.45) is 11.4. The average molecular weight is 635 g/mol. The number of aliphatic carboxylic acids is 1. The average Bonchev–Trinajstić information content (AvgIpc) is 3.38. The molecule has 2 N–H and O–H groups in total. The number of ether oxygens (including phenoxy) is 4. The monoisotopic (exact) mass is 634 g/mol. The minimum absolute atomic E-state index is 0.0482. The van der Waals surface area contributed by atoms with Gasteiger partial charge in [-0.1, -0.05) is 36.0 Å². The zero-order valence-electron chi connectivity index (χ0n) is 24.4. The number of benzene rings is 1. The molecule has 0 radical (unpaired) electrons. The second-order valence-corrected chi connectivity index (χ2v) is 9.51. The van der Waals surface area contributed by atoms with E-state index in [9.17, 15) is 33.9 Å². The zero-order valence-corrected chi connectivity index (χ0v) is 24.4. The molecule has 0 aliphatic carbocycles. The Hall–Kier alpha value is -5.50. The van der Waals surface area contributed by atoms with Crippen LogP contribution in [0.2, 0.25) is 0 Å². The fourth-order valence-electron chi connectivity index (χ4n) is 4.37. The third-order valence-electron chi connectivity index (χ3n) is 6.41. The van der Waals surface area contributed by atoms with Crippen molar-refractivity contribution in [3.8, 4) is 37.0 Å². The Labute approximate surface area is 263 Å². The van der Waals surface area contributed by atoms with Crippen molar-refractivity contribution in [2.75, 3.05) is 46.1 Å². The van der Waals surface area contributed by atoms with Crippen LogP contribution in [0.5, 0.6) is 0 Å². The number of nitrogens with zero attached hydrogens (tertiary/aromatic N) is 3. The number of carboxylic acids is 1. The number of carboxylic acid groups (broad SMARTS) is 1. The quantitative estimate of drug-likeness (QED) is 0.213. The van der Waals surface area contributed by atoms with Gasteiger partial charge in [0.15, 0.2) is 6.23 Å². The highest BCUT2D eigenvalue weighted by molar-refractivity contribution is 5.95. The second-order valence-electron chi connectivity index (χ2n) is 9.51. The predicted octanol–water partition coefficient (Wildman–Crippen LogP) is -1.69. The Morgan fingerprint density at radius 1 is 0.935 bits per heavy atom. The molecule has 3 rings (SSSR count). The number of nitrogens with one attached hydrogen (secondary N) is 1. The van der Waals surface area contributed by atoms with Crippen molar-refractivity contribution in [1.82, 2.24) is 19.4 Å². The van der Waals surface area contributed by atoms with E-state index >= 15 is 0 Å². The molecule has 0 bridgehead atoms. The van der Waals surface area contributed by atoms with E-state index in [0.717, 1.165) is 16.8 Å². The third-order valence-corrected chi connectivity index (χ3v) is 6.41. The molecule has 4 atom stereocenters. The summed E-state index contributed by atoms with van der Waals surface area (Å²) in [4.78, 5) is 77.0. The maximum Gasteiger partial charge on any atom is 0.340 e. The van der Waals surface area contributed by atoms with Crippen LogP contribution in [0.4, 0.5) is 0 Å². The lowest BCUT2D eigenvalue weighted by molar-refractivity contribution is -0.151. The number of carbonyl (C=O) groups excluding carboxylic acids is 3. The van der Waals surface area contributed by atoms with Crippen molar-refractivity contribution >= 4 is 23.7 Å². The molecule has 1 aromatic heterocycles. The first-order valence-electron chi connectivity index (χ1n) is 13.6. The molecule has 1 aliphatic rings.